The Kier molecular flexibility index (Phi) is 3.59. The summed E-state index contributed by atoms with van der Waals surface area (Å²) in [5.41, 5.74) is 0.941. The fourth-order valence-corrected chi connectivity index (χ4v) is 2.64. The quantitative estimate of drug-likeness (QED) is 0.587. The number of alkyl halides is 1. The van der Waals surface area contributed by atoms with Gasteiger partial charge in [-0.1, -0.05) is 23.7 Å². The number of halogens is 4. The Bertz CT molecular complexity index is 828. The maximum absolute atomic E-state index is 13.9. The smallest absolute Gasteiger partial charge is 0.153 e. The summed E-state index contributed by atoms with van der Waals surface area (Å²) >= 11 is 12.3. The normalized spacial score (nSPS) is 12.8. The number of fused-ring (bicyclic) bond motifs is 1. The van der Waals surface area contributed by atoms with Gasteiger partial charge in [-0.2, -0.15) is 0 Å². The van der Waals surface area contributed by atoms with Gasteiger partial charge in [0, 0.05) is 12.1 Å². The van der Waals surface area contributed by atoms with Crippen LogP contribution in [0.3, 0.4) is 0 Å². The van der Waals surface area contributed by atoms with Crippen molar-refractivity contribution in [2.24, 2.45) is 0 Å². The van der Waals surface area contributed by atoms with Gasteiger partial charge in [-0.25, -0.2) is 13.8 Å². The fourth-order valence-electron chi connectivity index (χ4n) is 2.27. The second-order valence-corrected chi connectivity index (χ2v) is 5.69. The van der Waals surface area contributed by atoms with Crippen LogP contribution in [0, 0.1) is 11.6 Å². The molecule has 3 rings (SSSR count). The van der Waals surface area contributed by atoms with E-state index in [1.807, 2.05) is 0 Å². The lowest BCUT2D eigenvalue weighted by atomic mass is 10.2. The maximum atomic E-state index is 13.9. The third-order valence-electron chi connectivity index (χ3n) is 3.15. The van der Waals surface area contributed by atoms with Crippen LogP contribution < -0.4 is 0 Å². The molecule has 0 saturated carbocycles. The predicted octanol–water partition coefficient (Wildman–Crippen LogP) is 5.26. The highest BCUT2D eigenvalue weighted by molar-refractivity contribution is 6.32. The van der Waals surface area contributed by atoms with E-state index in [0.717, 1.165) is 6.07 Å². The van der Waals surface area contributed by atoms with Crippen molar-refractivity contribution < 1.29 is 8.78 Å². The van der Waals surface area contributed by atoms with Crippen LogP contribution in [0.1, 0.15) is 18.1 Å². The van der Waals surface area contributed by atoms with Gasteiger partial charge >= 0.3 is 0 Å². The van der Waals surface area contributed by atoms with Gasteiger partial charge in [-0.05, 0) is 19.1 Å². The van der Waals surface area contributed by atoms with E-state index < -0.39 is 17.0 Å². The molecule has 1 atom stereocenters. The topological polar surface area (TPSA) is 17.8 Å². The summed E-state index contributed by atoms with van der Waals surface area (Å²) in [5.74, 6) is -0.999. The molecule has 0 N–H and O–H groups in total. The van der Waals surface area contributed by atoms with E-state index in [2.05, 4.69) is 4.98 Å². The Balaban J connectivity index is 2.44. The Morgan fingerprint density at radius 2 is 1.90 bits per heavy atom. The molecule has 0 radical (unpaired) electrons. The van der Waals surface area contributed by atoms with Crippen LogP contribution in [-0.2, 0) is 0 Å². The number of rotatable bonds is 2. The van der Waals surface area contributed by atoms with Gasteiger partial charge in [-0.15, -0.1) is 11.6 Å². The molecule has 0 fully saturated rings. The molecular weight excluding hydrogens is 317 g/mol. The van der Waals surface area contributed by atoms with Crippen molar-refractivity contribution in [2.45, 2.75) is 12.3 Å². The number of benzene rings is 2. The highest BCUT2D eigenvalue weighted by Gasteiger charge is 2.20. The van der Waals surface area contributed by atoms with Crippen molar-refractivity contribution >= 4 is 34.2 Å². The number of para-hydroxylation sites is 1. The molecule has 1 aromatic heterocycles. The second-order valence-electron chi connectivity index (χ2n) is 4.63. The molecule has 1 heterocycles. The van der Waals surface area contributed by atoms with E-state index in [0.29, 0.717) is 22.1 Å². The molecule has 3 aromatic rings. The van der Waals surface area contributed by atoms with Gasteiger partial charge in [-0.3, -0.25) is 4.57 Å². The van der Waals surface area contributed by atoms with Crippen molar-refractivity contribution in [2.75, 3.05) is 0 Å². The van der Waals surface area contributed by atoms with Crippen LogP contribution in [0.4, 0.5) is 8.78 Å². The molecule has 0 amide bonds. The summed E-state index contributed by atoms with van der Waals surface area (Å²) in [6.45, 7) is 1.71. The SMILES string of the molecule is CC(Cl)c1nc2c(F)cc(F)cc2n1-c1ccccc1Cl. The summed E-state index contributed by atoms with van der Waals surface area (Å²) < 4.78 is 29.1. The lowest BCUT2D eigenvalue weighted by molar-refractivity contribution is 0.590. The first-order valence-corrected chi connectivity index (χ1v) is 7.07. The van der Waals surface area contributed by atoms with E-state index >= 15 is 0 Å². The molecule has 21 heavy (non-hydrogen) atoms. The second kappa shape index (κ2) is 5.28. The molecule has 0 aliphatic carbocycles. The third-order valence-corrected chi connectivity index (χ3v) is 3.67. The molecular formula is C15H10Cl2F2N2. The van der Waals surface area contributed by atoms with E-state index in [-0.39, 0.29) is 5.52 Å². The Labute approximate surface area is 129 Å². The van der Waals surface area contributed by atoms with E-state index in [4.69, 9.17) is 23.2 Å². The first-order valence-electron chi connectivity index (χ1n) is 6.25. The Morgan fingerprint density at radius 1 is 1.19 bits per heavy atom. The molecule has 6 heteroatoms. The molecule has 0 saturated heterocycles. The third kappa shape index (κ3) is 2.39. The Hall–Kier alpha value is -1.65. The van der Waals surface area contributed by atoms with Crippen molar-refractivity contribution in [3.8, 4) is 5.69 Å². The predicted molar refractivity (Wildman–Crippen MR) is 80.3 cm³/mol. The van der Waals surface area contributed by atoms with Crippen LogP contribution >= 0.6 is 23.2 Å². The van der Waals surface area contributed by atoms with Crippen molar-refractivity contribution in [1.29, 1.82) is 0 Å². The maximum Gasteiger partial charge on any atom is 0.153 e. The molecule has 0 aliphatic rings. The number of nitrogens with zero attached hydrogens (tertiary/aromatic N) is 2. The zero-order chi connectivity index (χ0) is 15.1. The minimum absolute atomic E-state index is 0.0684. The standard InChI is InChI=1S/C15H10Cl2F2N2/c1-8(16)15-20-14-11(19)6-9(18)7-13(14)21(15)12-5-3-2-4-10(12)17/h2-8H,1H3. The molecule has 2 aromatic carbocycles. The van der Waals surface area contributed by atoms with E-state index in [1.165, 1.54) is 6.07 Å². The van der Waals surface area contributed by atoms with Gasteiger partial charge in [0.1, 0.15) is 17.2 Å². The van der Waals surface area contributed by atoms with Crippen molar-refractivity contribution in [1.82, 2.24) is 9.55 Å². The zero-order valence-electron chi connectivity index (χ0n) is 10.9. The number of hydrogen-bond acceptors (Lipinski definition) is 1. The molecule has 2 nitrogen and oxygen atoms in total. The van der Waals surface area contributed by atoms with Crippen LogP contribution in [0.25, 0.3) is 16.7 Å². The van der Waals surface area contributed by atoms with Gasteiger partial charge in [0.05, 0.1) is 21.6 Å². The highest BCUT2D eigenvalue weighted by Crippen LogP contribution is 2.32. The summed E-state index contributed by atoms with van der Waals surface area (Å²) in [4.78, 5) is 4.20. The fraction of sp³-hybridized carbons (Fsp3) is 0.133. The van der Waals surface area contributed by atoms with E-state index in [1.54, 1.807) is 35.8 Å². The van der Waals surface area contributed by atoms with Gasteiger partial charge in [0.15, 0.2) is 5.82 Å². The molecule has 1 unspecified atom stereocenters. The average Bonchev–Trinajstić information content (AvgIpc) is 2.79. The van der Waals surface area contributed by atoms with Crippen LogP contribution in [0.15, 0.2) is 36.4 Å². The monoisotopic (exact) mass is 326 g/mol. The molecule has 0 bridgehead atoms. The number of imidazole rings is 1. The van der Waals surface area contributed by atoms with Gasteiger partial charge in [0.25, 0.3) is 0 Å². The lowest BCUT2D eigenvalue weighted by Crippen LogP contribution is -2.02. The van der Waals surface area contributed by atoms with Gasteiger partial charge < -0.3 is 0 Å². The lowest BCUT2D eigenvalue weighted by Gasteiger charge is -2.12. The van der Waals surface area contributed by atoms with E-state index in [9.17, 15) is 8.78 Å². The Morgan fingerprint density at radius 3 is 2.57 bits per heavy atom. The number of hydrogen-bond donors (Lipinski definition) is 0. The van der Waals surface area contributed by atoms with Crippen LogP contribution in [0.2, 0.25) is 5.02 Å². The summed E-state index contributed by atoms with van der Waals surface area (Å²) in [6, 6.07) is 9.02. The summed E-state index contributed by atoms with van der Waals surface area (Å²) in [5, 5.41) is -0.0452. The first-order chi connectivity index (χ1) is 9.99. The molecule has 0 aliphatic heterocycles. The minimum Gasteiger partial charge on any atom is -0.293 e. The summed E-state index contributed by atoms with van der Waals surface area (Å²) in [7, 11) is 0. The van der Waals surface area contributed by atoms with Gasteiger partial charge in [0.2, 0.25) is 0 Å². The molecule has 0 spiro atoms. The zero-order valence-corrected chi connectivity index (χ0v) is 12.5. The minimum atomic E-state index is -0.727. The highest BCUT2D eigenvalue weighted by atomic mass is 35.5. The van der Waals surface area contributed by atoms with Crippen molar-refractivity contribution in [3.63, 3.8) is 0 Å². The van der Waals surface area contributed by atoms with Crippen molar-refractivity contribution in [3.05, 3.63) is 58.9 Å². The molecule has 108 valence electrons. The van der Waals surface area contributed by atoms with Crippen LogP contribution in [0.5, 0.6) is 0 Å². The average molecular weight is 327 g/mol. The summed E-state index contributed by atoms with van der Waals surface area (Å²) in [6.07, 6.45) is 0. The first kappa shape index (κ1) is 14.3. The number of aromatic nitrogens is 2. The largest absolute Gasteiger partial charge is 0.293 e. The van der Waals surface area contributed by atoms with Crippen LogP contribution in [-0.4, -0.2) is 9.55 Å².